The van der Waals surface area contributed by atoms with Gasteiger partial charge >= 0.3 is 5.97 Å². The lowest BCUT2D eigenvalue weighted by Crippen LogP contribution is -2.60. The van der Waals surface area contributed by atoms with Crippen molar-refractivity contribution >= 4 is 39.6 Å². The maximum absolute atomic E-state index is 14.9. The molecule has 0 saturated carbocycles. The van der Waals surface area contributed by atoms with Gasteiger partial charge in [-0.25, -0.2) is 0 Å². The van der Waals surface area contributed by atoms with E-state index in [0.717, 1.165) is 18.4 Å². The molecule has 2 aromatic rings. The molecule has 5 rings (SSSR count). The smallest absolute Gasteiger partial charge is 0.313 e. The number of fused-ring (bicyclic) bond motifs is 1. The van der Waals surface area contributed by atoms with E-state index in [-0.39, 0.29) is 42.2 Å². The molecule has 2 unspecified atom stereocenters. The summed E-state index contributed by atoms with van der Waals surface area (Å²) in [6.07, 6.45) is 4.76. The van der Waals surface area contributed by atoms with Crippen molar-refractivity contribution in [1.29, 1.82) is 0 Å². The second-order valence-electron chi connectivity index (χ2n) is 13.8. The van der Waals surface area contributed by atoms with Crippen LogP contribution in [0.4, 0.5) is 0 Å². The number of allylic oxidation sites excluding steroid dienone is 1. The highest BCUT2D eigenvalue weighted by Gasteiger charge is 2.77. The standard InChI is InChI=1S/C40H50BrN3O7/c1-5-8-20-32(46)42-24-31(28-18-13-10-14-19-28)50-39(49)33-34-37(47)44(29(25-45)22-27-16-11-9-12-17-27)36(40(34)23-30(41)35(33)51-40)38(48)43(21-7-3)26(4)15-6-2/h5,7,9-14,16-19,26,29-31,33-36,45H,1,3,6,8,15,20-25H2,2,4H3,(H,42,46)/t26?,29-,30?,31-,33-,34+,35-,36-,40+/m1/s1. The van der Waals surface area contributed by atoms with E-state index >= 15 is 0 Å². The van der Waals surface area contributed by atoms with Crippen LogP contribution in [0.2, 0.25) is 0 Å². The monoisotopic (exact) mass is 763 g/mol. The molecule has 3 aliphatic rings. The van der Waals surface area contributed by atoms with Crippen molar-refractivity contribution in [2.75, 3.05) is 19.7 Å². The number of rotatable bonds is 18. The summed E-state index contributed by atoms with van der Waals surface area (Å²) < 4.78 is 13.0. The number of halogens is 1. The summed E-state index contributed by atoms with van der Waals surface area (Å²) in [5.74, 6) is -3.60. The number of alkyl halides is 1. The Hall–Kier alpha value is -3.80. The molecule has 274 valence electrons. The van der Waals surface area contributed by atoms with Crippen LogP contribution >= 0.6 is 15.9 Å². The molecule has 9 atom stereocenters. The van der Waals surface area contributed by atoms with Crippen molar-refractivity contribution in [1.82, 2.24) is 15.1 Å². The number of nitrogens with one attached hydrogen (secondary N) is 1. The number of hydrogen-bond donors (Lipinski definition) is 2. The maximum Gasteiger partial charge on any atom is 0.313 e. The number of esters is 1. The zero-order valence-electron chi connectivity index (χ0n) is 29.5. The summed E-state index contributed by atoms with van der Waals surface area (Å²) in [5.41, 5.74) is 0.241. The van der Waals surface area contributed by atoms with Gasteiger partial charge in [-0.05, 0) is 43.7 Å². The van der Waals surface area contributed by atoms with Gasteiger partial charge in [-0.3, -0.25) is 19.2 Å². The summed E-state index contributed by atoms with van der Waals surface area (Å²) in [6, 6.07) is 16.7. The highest BCUT2D eigenvalue weighted by Crippen LogP contribution is 2.61. The molecular weight excluding hydrogens is 714 g/mol. The van der Waals surface area contributed by atoms with E-state index in [9.17, 15) is 24.3 Å². The molecule has 3 fully saturated rings. The van der Waals surface area contributed by atoms with E-state index in [2.05, 4.69) is 41.3 Å². The number of hydrogen-bond acceptors (Lipinski definition) is 7. The number of ether oxygens (including phenoxy) is 2. The Labute approximate surface area is 309 Å². The fraction of sp³-hybridized carbons (Fsp3) is 0.500. The van der Waals surface area contributed by atoms with Crippen molar-refractivity contribution in [3.8, 4) is 0 Å². The lowest BCUT2D eigenvalue weighted by Gasteiger charge is -2.41. The van der Waals surface area contributed by atoms with Gasteiger partial charge in [0.25, 0.3) is 0 Å². The Balaban J connectivity index is 1.52. The Morgan fingerprint density at radius 1 is 1.14 bits per heavy atom. The molecule has 51 heavy (non-hydrogen) atoms. The topological polar surface area (TPSA) is 125 Å². The van der Waals surface area contributed by atoms with Gasteiger partial charge in [-0.1, -0.05) is 102 Å². The van der Waals surface area contributed by atoms with Gasteiger partial charge in [-0.15, -0.1) is 13.2 Å². The normalized spacial score (nSPS) is 26.5. The first-order chi connectivity index (χ1) is 24.6. The number of nitrogens with zero attached hydrogens (tertiary/aromatic N) is 2. The van der Waals surface area contributed by atoms with Crippen LogP contribution < -0.4 is 5.32 Å². The number of aliphatic hydroxyl groups excluding tert-OH is 1. The fourth-order valence-electron chi connectivity index (χ4n) is 8.15. The van der Waals surface area contributed by atoms with Gasteiger partial charge in [0.1, 0.15) is 17.7 Å². The Kier molecular flexibility index (Phi) is 12.9. The molecule has 2 bridgehead atoms. The van der Waals surface area contributed by atoms with Crippen LogP contribution in [0.3, 0.4) is 0 Å². The van der Waals surface area contributed by atoms with E-state index < -0.39 is 60.2 Å². The molecule has 3 aliphatic heterocycles. The molecule has 0 aliphatic carbocycles. The van der Waals surface area contributed by atoms with Crippen molar-refractivity contribution < 1.29 is 33.8 Å². The van der Waals surface area contributed by atoms with Gasteiger partial charge < -0.3 is 29.7 Å². The second-order valence-corrected chi connectivity index (χ2v) is 15.0. The predicted octanol–water partition coefficient (Wildman–Crippen LogP) is 4.91. The largest absolute Gasteiger partial charge is 0.455 e. The molecule has 0 radical (unpaired) electrons. The summed E-state index contributed by atoms with van der Waals surface area (Å²) in [6.45, 7) is 11.5. The summed E-state index contributed by atoms with van der Waals surface area (Å²) in [4.78, 5) is 59.7. The molecule has 1 spiro atoms. The summed E-state index contributed by atoms with van der Waals surface area (Å²) in [5, 5.41) is 13.7. The van der Waals surface area contributed by atoms with E-state index in [1.807, 2.05) is 67.6 Å². The third kappa shape index (κ3) is 7.85. The van der Waals surface area contributed by atoms with Crippen molar-refractivity contribution in [2.24, 2.45) is 11.8 Å². The SMILES string of the molecule is C=CCCC(=O)NC[C@@H](OC(=O)[C@H]1[C@@H]2O[C@@]3(CC2Br)[C@@H]1C(=O)N([C@@H](CO)Cc1ccccc1)[C@@H]3C(=O)N(CC=C)C(C)CCC)c1ccccc1. The van der Waals surface area contributed by atoms with E-state index in [1.54, 1.807) is 17.1 Å². The third-order valence-corrected chi connectivity index (χ3v) is 11.3. The average molecular weight is 765 g/mol. The molecule has 3 amide bonds. The Morgan fingerprint density at radius 2 is 1.82 bits per heavy atom. The minimum Gasteiger partial charge on any atom is -0.455 e. The zero-order chi connectivity index (χ0) is 36.7. The van der Waals surface area contributed by atoms with Crippen molar-refractivity contribution in [3.05, 3.63) is 97.1 Å². The lowest BCUT2D eigenvalue weighted by molar-refractivity contribution is -0.161. The first-order valence-electron chi connectivity index (χ1n) is 17.9. The van der Waals surface area contributed by atoms with Crippen LogP contribution in [0.5, 0.6) is 0 Å². The van der Waals surface area contributed by atoms with Crippen LogP contribution in [0.15, 0.2) is 86.0 Å². The minimum absolute atomic E-state index is 0.0359. The van der Waals surface area contributed by atoms with Gasteiger partial charge in [0.15, 0.2) is 0 Å². The second kappa shape index (κ2) is 17.1. The number of likely N-dealkylation sites (tertiary alicyclic amines) is 1. The minimum atomic E-state index is -1.34. The van der Waals surface area contributed by atoms with Crippen LogP contribution in [0, 0.1) is 11.8 Å². The summed E-state index contributed by atoms with van der Waals surface area (Å²) in [7, 11) is 0. The first-order valence-corrected chi connectivity index (χ1v) is 18.9. The number of aliphatic hydroxyl groups is 1. The zero-order valence-corrected chi connectivity index (χ0v) is 31.1. The molecule has 11 heteroatoms. The first kappa shape index (κ1) is 38.4. The van der Waals surface area contributed by atoms with E-state index in [1.165, 1.54) is 4.90 Å². The number of amides is 3. The van der Waals surface area contributed by atoms with Gasteiger partial charge in [0.05, 0.1) is 37.1 Å². The number of carbonyl (C=O) groups is 4. The molecular formula is C40H50BrN3O7. The lowest BCUT2D eigenvalue weighted by atomic mass is 9.70. The number of carbonyl (C=O) groups excluding carboxylic acids is 4. The van der Waals surface area contributed by atoms with Gasteiger partial charge in [0.2, 0.25) is 17.7 Å². The molecule has 2 aromatic carbocycles. The van der Waals surface area contributed by atoms with E-state index in [4.69, 9.17) is 9.47 Å². The fourth-order valence-corrected chi connectivity index (χ4v) is 9.09. The quantitative estimate of drug-likeness (QED) is 0.126. The molecule has 2 N–H and O–H groups in total. The Morgan fingerprint density at radius 3 is 2.45 bits per heavy atom. The molecule has 10 nitrogen and oxygen atoms in total. The van der Waals surface area contributed by atoms with Crippen molar-refractivity contribution in [2.45, 2.75) is 93.1 Å². The predicted molar refractivity (Wildman–Crippen MR) is 198 cm³/mol. The van der Waals surface area contributed by atoms with Crippen LogP contribution in [-0.2, 0) is 35.1 Å². The molecule has 0 aromatic heterocycles. The van der Waals surface area contributed by atoms with Crippen molar-refractivity contribution in [3.63, 3.8) is 0 Å². The van der Waals surface area contributed by atoms with Crippen LogP contribution in [-0.4, -0.2) is 93.0 Å². The third-order valence-electron chi connectivity index (χ3n) is 10.5. The number of benzene rings is 2. The highest BCUT2D eigenvalue weighted by molar-refractivity contribution is 9.09. The van der Waals surface area contributed by atoms with Gasteiger partial charge in [-0.2, -0.15) is 0 Å². The Bertz CT molecular complexity index is 1560. The highest BCUT2D eigenvalue weighted by atomic mass is 79.9. The van der Waals surface area contributed by atoms with E-state index in [0.29, 0.717) is 24.8 Å². The van der Waals surface area contributed by atoms with Crippen LogP contribution in [0.25, 0.3) is 0 Å². The maximum atomic E-state index is 14.9. The average Bonchev–Trinajstić information content (AvgIpc) is 3.74. The summed E-state index contributed by atoms with van der Waals surface area (Å²) >= 11 is 3.75. The molecule has 3 saturated heterocycles. The molecule has 3 heterocycles. The van der Waals surface area contributed by atoms with Gasteiger partial charge in [0, 0.05) is 23.8 Å². The van der Waals surface area contributed by atoms with Crippen LogP contribution in [0.1, 0.15) is 63.2 Å².